The van der Waals surface area contributed by atoms with Crippen LogP contribution in [0.3, 0.4) is 0 Å². The van der Waals surface area contributed by atoms with E-state index in [1.54, 1.807) is 0 Å². The predicted octanol–water partition coefficient (Wildman–Crippen LogP) is 5.65. The largest absolute Gasteiger partial charge is 0.371 e. The summed E-state index contributed by atoms with van der Waals surface area (Å²) in [5, 5.41) is 0. The quantitative estimate of drug-likeness (QED) is 0.606. The van der Waals surface area contributed by atoms with E-state index in [4.69, 9.17) is 0 Å². The van der Waals surface area contributed by atoms with Gasteiger partial charge >= 0.3 is 0 Å². The lowest BCUT2D eigenvalue weighted by atomic mass is 9.91. The number of fused-ring (bicyclic) bond motifs is 1. The highest BCUT2D eigenvalue weighted by atomic mass is 15.1. The van der Waals surface area contributed by atoms with Crippen molar-refractivity contribution in [3.05, 3.63) is 114 Å². The molecular weight excluding hydrogens is 314 g/mol. The minimum atomic E-state index is 0.665. The number of hydrogen-bond donors (Lipinski definition) is 0. The summed E-state index contributed by atoms with van der Waals surface area (Å²) < 4.78 is 0. The molecule has 0 radical (unpaired) electrons. The first-order valence-corrected chi connectivity index (χ1v) is 9.32. The van der Waals surface area contributed by atoms with Crippen molar-refractivity contribution in [2.24, 2.45) is 17.8 Å². The molecule has 0 heterocycles. The highest BCUT2D eigenvalue weighted by Crippen LogP contribution is 2.57. The molecule has 3 aliphatic carbocycles. The average molecular weight is 339 g/mol. The second kappa shape index (κ2) is 7.21. The zero-order valence-electron chi connectivity index (χ0n) is 15.3. The lowest BCUT2D eigenvalue weighted by Crippen LogP contribution is -2.16. The Morgan fingerprint density at radius 3 is 2.69 bits per heavy atom. The zero-order valence-corrected chi connectivity index (χ0v) is 15.3. The molecule has 3 aliphatic rings. The van der Waals surface area contributed by atoms with Crippen molar-refractivity contribution in [3.63, 3.8) is 0 Å². The summed E-state index contributed by atoms with van der Waals surface area (Å²) >= 11 is 0. The van der Waals surface area contributed by atoms with Gasteiger partial charge in [-0.05, 0) is 46.6 Å². The maximum atomic E-state index is 3.92. The molecule has 1 nitrogen and oxygen atoms in total. The standard InChI is InChI=1S/C25H25N/c1-3-10-19(11-9-18-26(2)20-12-5-4-6-13-20)21-16-17-24-23-15-8-7-14-22(21)25(23)24/h3-17,23-25H,1,18H2,2H3/b11-9-,19-10+. The fourth-order valence-corrected chi connectivity index (χ4v) is 4.06. The van der Waals surface area contributed by atoms with Crippen LogP contribution in [0.5, 0.6) is 0 Å². The molecule has 0 aromatic heterocycles. The lowest BCUT2D eigenvalue weighted by Gasteiger charge is -2.17. The molecule has 0 aliphatic heterocycles. The molecule has 1 heteroatoms. The zero-order chi connectivity index (χ0) is 17.9. The van der Waals surface area contributed by atoms with Gasteiger partial charge in [-0.2, -0.15) is 0 Å². The topological polar surface area (TPSA) is 3.24 Å². The minimum Gasteiger partial charge on any atom is -0.371 e. The summed E-state index contributed by atoms with van der Waals surface area (Å²) in [4.78, 5) is 2.25. The Labute approximate surface area is 156 Å². The molecule has 4 rings (SSSR count). The van der Waals surface area contributed by atoms with Gasteiger partial charge in [0.05, 0.1) is 0 Å². The summed E-state index contributed by atoms with van der Waals surface area (Å²) in [5.41, 5.74) is 5.28. The molecule has 26 heavy (non-hydrogen) atoms. The van der Waals surface area contributed by atoms with Crippen LogP contribution in [0.15, 0.2) is 114 Å². The molecule has 0 spiro atoms. The van der Waals surface area contributed by atoms with Gasteiger partial charge in [-0.3, -0.25) is 0 Å². The third kappa shape index (κ3) is 3.17. The van der Waals surface area contributed by atoms with E-state index in [-0.39, 0.29) is 0 Å². The number of hydrogen-bond acceptors (Lipinski definition) is 1. The summed E-state index contributed by atoms with van der Waals surface area (Å²) in [6, 6.07) is 10.5. The molecule has 3 unspecified atom stereocenters. The fourth-order valence-electron chi connectivity index (χ4n) is 4.06. The monoisotopic (exact) mass is 339 g/mol. The third-order valence-electron chi connectivity index (χ3n) is 5.49. The second-order valence-corrected chi connectivity index (χ2v) is 7.13. The van der Waals surface area contributed by atoms with Crippen LogP contribution in [0.2, 0.25) is 0 Å². The number of anilines is 1. The number of likely N-dealkylation sites (N-methyl/N-ethyl adjacent to an activating group) is 1. The van der Waals surface area contributed by atoms with Crippen molar-refractivity contribution >= 4 is 5.69 Å². The molecule has 130 valence electrons. The van der Waals surface area contributed by atoms with E-state index in [0.717, 1.165) is 6.54 Å². The van der Waals surface area contributed by atoms with Crippen molar-refractivity contribution in [1.82, 2.24) is 0 Å². The first-order chi connectivity index (χ1) is 12.8. The van der Waals surface area contributed by atoms with Gasteiger partial charge in [0.15, 0.2) is 0 Å². The van der Waals surface area contributed by atoms with Crippen molar-refractivity contribution in [2.75, 3.05) is 18.5 Å². The number of nitrogens with zero attached hydrogens (tertiary/aromatic N) is 1. The van der Waals surface area contributed by atoms with E-state index < -0.39 is 0 Å². The van der Waals surface area contributed by atoms with E-state index in [1.807, 2.05) is 6.08 Å². The number of benzene rings is 1. The second-order valence-electron chi connectivity index (χ2n) is 7.13. The highest BCUT2D eigenvalue weighted by Gasteiger charge is 2.50. The molecule has 0 bridgehead atoms. The van der Waals surface area contributed by atoms with Crippen molar-refractivity contribution in [1.29, 1.82) is 0 Å². The van der Waals surface area contributed by atoms with Gasteiger partial charge in [-0.1, -0.05) is 85.5 Å². The summed E-state index contributed by atoms with van der Waals surface area (Å²) in [5.74, 6) is 2.05. The first kappa shape index (κ1) is 16.7. The normalized spacial score (nSPS) is 26.0. The minimum absolute atomic E-state index is 0.665. The Morgan fingerprint density at radius 2 is 1.88 bits per heavy atom. The van der Waals surface area contributed by atoms with Crippen molar-refractivity contribution in [2.45, 2.75) is 0 Å². The first-order valence-electron chi connectivity index (χ1n) is 9.32. The van der Waals surface area contributed by atoms with Gasteiger partial charge in [0, 0.05) is 19.3 Å². The van der Waals surface area contributed by atoms with Gasteiger partial charge in [0.1, 0.15) is 0 Å². The van der Waals surface area contributed by atoms with Crippen LogP contribution in [0.1, 0.15) is 0 Å². The van der Waals surface area contributed by atoms with Crippen LogP contribution in [-0.4, -0.2) is 13.6 Å². The summed E-state index contributed by atoms with van der Waals surface area (Å²) in [6.45, 7) is 4.79. The molecule has 3 atom stereocenters. The number of rotatable bonds is 6. The maximum absolute atomic E-state index is 3.92. The smallest absolute Gasteiger partial charge is 0.0366 e. The Balaban J connectivity index is 1.54. The number of para-hydroxylation sites is 1. The van der Waals surface area contributed by atoms with Gasteiger partial charge < -0.3 is 4.90 Å². The van der Waals surface area contributed by atoms with Crippen LogP contribution in [0.25, 0.3) is 0 Å². The number of allylic oxidation sites excluding steroid dienone is 12. The summed E-state index contributed by atoms with van der Waals surface area (Å²) in [7, 11) is 2.12. The molecule has 1 saturated carbocycles. The Kier molecular flexibility index (Phi) is 4.62. The van der Waals surface area contributed by atoms with Crippen molar-refractivity contribution < 1.29 is 0 Å². The van der Waals surface area contributed by atoms with E-state index in [1.165, 1.54) is 22.4 Å². The van der Waals surface area contributed by atoms with Crippen LogP contribution in [0.4, 0.5) is 5.69 Å². The van der Waals surface area contributed by atoms with Gasteiger partial charge in [0.25, 0.3) is 0 Å². The molecule has 0 amide bonds. The van der Waals surface area contributed by atoms with Crippen LogP contribution < -0.4 is 4.90 Å². The molecule has 1 fully saturated rings. The Morgan fingerprint density at radius 1 is 1.08 bits per heavy atom. The van der Waals surface area contributed by atoms with E-state index in [9.17, 15) is 0 Å². The summed E-state index contributed by atoms with van der Waals surface area (Å²) in [6.07, 6.45) is 22.2. The lowest BCUT2D eigenvalue weighted by molar-refractivity contribution is 0.919. The predicted molar refractivity (Wildman–Crippen MR) is 112 cm³/mol. The Hall–Kier alpha value is -2.80. The van der Waals surface area contributed by atoms with Crippen molar-refractivity contribution in [3.8, 4) is 0 Å². The maximum Gasteiger partial charge on any atom is 0.0366 e. The SMILES string of the molecule is C=C/C=C(\C=C/CN(C)c1ccccc1)C1=C2C=CC=CC3C(C=C1)C23. The van der Waals surface area contributed by atoms with Crippen LogP contribution in [0, 0.1) is 17.8 Å². The molecular formula is C25H25N. The van der Waals surface area contributed by atoms with Gasteiger partial charge in [0.2, 0.25) is 0 Å². The molecule has 0 N–H and O–H groups in total. The Bertz CT molecular complexity index is 861. The van der Waals surface area contributed by atoms with Gasteiger partial charge in [-0.15, -0.1) is 0 Å². The molecule has 1 aromatic carbocycles. The van der Waals surface area contributed by atoms with Crippen LogP contribution in [-0.2, 0) is 0 Å². The van der Waals surface area contributed by atoms with Gasteiger partial charge in [-0.25, -0.2) is 0 Å². The van der Waals surface area contributed by atoms with E-state index in [2.05, 4.69) is 104 Å². The highest BCUT2D eigenvalue weighted by molar-refractivity contribution is 5.59. The third-order valence-corrected chi connectivity index (χ3v) is 5.49. The van der Waals surface area contributed by atoms with E-state index >= 15 is 0 Å². The molecule has 0 saturated heterocycles. The average Bonchev–Trinajstić information content (AvgIpc) is 3.42. The van der Waals surface area contributed by atoms with E-state index in [0.29, 0.717) is 17.8 Å². The van der Waals surface area contributed by atoms with Crippen LogP contribution >= 0.6 is 0 Å². The molecule has 1 aromatic rings. The fraction of sp³-hybridized carbons (Fsp3) is 0.200.